The number of halogens is 1. The second kappa shape index (κ2) is 4.90. The summed E-state index contributed by atoms with van der Waals surface area (Å²) in [4.78, 5) is 11.7. The van der Waals surface area contributed by atoms with Crippen molar-refractivity contribution in [1.82, 2.24) is 15.0 Å². The number of nitrogens with one attached hydrogen (secondary N) is 1. The van der Waals surface area contributed by atoms with E-state index >= 15 is 0 Å². The van der Waals surface area contributed by atoms with Crippen LogP contribution < -0.4 is 4.74 Å². The van der Waals surface area contributed by atoms with Crippen molar-refractivity contribution >= 4 is 22.6 Å². The van der Waals surface area contributed by atoms with Crippen LogP contribution >= 0.6 is 11.6 Å². The highest BCUT2D eigenvalue weighted by atomic mass is 35.5. The quantitative estimate of drug-likeness (QED) is 0.791. The number of hydrogen-bond donors (Lipinski definition) is 1. The summed E-state index contributed by atoms with van der Waals surface area (Å²) < 4.78 is 5.81. The highest BCUT2D eigenvalue weighted by Gasteiger charge is 2.12. The molecule has 2 heterocycles. The summed E-state index contributed by atoms with van der Waals surface area (Å²) in [5.74, 6) is 1.49. The van der Waals surface area contributed by atoms with E-state index in [1.54, 1.807) is 18.5 Å². The number of benzene rings is 1. The Kier molecular flexibility index (Phi) is 3.09. The summed E-state index contributed by atoms with van der Waals surface area (Å²) in [5, 5.41) is 0.651. The van der Waals surface area contributed by atoms with E-state index < -0.39 is 0 Å². The van der Waals surface area contributed by atoms with Crippen molar-refractivity contribution in [3.63, 3.8) is 0 Å². The fourth-order valence-electron chi connectivity index (χ4n) is 1.87. The minimum atomic E-state index is -0.189. The smallest absolute Gasteiger partial charge is 0.153 e. The van der Waals surface area contributed by atoms with E-state index in [9.17, 15) is 0 Å². The summed E-state index contributed by atoms with van der Waals surface area (Å²) in [6.07, 6.45) is 3.28. The third-order valence-electron chi connectivity index (χ3n) is 2.80. The molecule has 1 aromatic carbocycles. The molecule has 96 valence electrons. The Balaban J connectivity index is 1.85. The standard InChI is InChI=1S/C14H12ClN3O/c1-9(19-11-4-2-3-10(15)7-11)14-17-12-5-6-16-8-13(12)18-14/h2-9H,1H3,(H,17,18). The maximum Gasteiger partial charge on any atom is 0.153 e. The molecule has 3 aromatic rings. The van der Waals surface area contributed by atoms with E-state index in [1.165, 1.54) is 0 Å². The molecule has 0 aliphatic carbocycles. The van der Waals surface area contributed by atoms with Gasteiger partial charge in [0, 0.05) is 11.2 Å². The van der Waals surface area contributed by atoms with Crippen molar-refractivity contribution in [1.29, 1.82) is 0 Å². The van der Waals surface area contributed by atoms with Crippen molar-refractivity contribution in [2.24, 2.45) is 0 Å². The Bertz CT molecular complexity index is 677. The SMILES string of the molecule is CC(Oc1cccc(Cl)c1)c1nc2ccncc2[nH]1. The summed E-state index contributed by atoms with van der Waals surface area (Å²) in [7, 11) is 0. The number of imidazole rings is 1. The molecule has 4 nitrogen and oxygen atoms in total. The molecule has 0 amide bonds. The molecule has 1 N–H and O–H groups in total. The maximum atomic E-state index is 5.93. The highest BCUT2D eigenvalue weighted by molar-refractivity contribution is 6.30. The number of ether oxygens (including phenoxy) is 1. The predicted molar refractivity (Wildman–Crippen MR) is 74.4 cm³/mol. The number of nitrogens with zero attached hydrogens (tertiary/aromatic N) is 2. The van der Waals surface area contributed by atoms with Gasteiger partial charge < -0.3 is 9.72 Å². The van der Waals surface area contributed by atoms with E-state index in [-0.39, 0.29) is 6.10 Å². The van der Waals surface area contributed by atoms with Gasteiger partial charge in [0.15, 0.2) is 6.10 Å². The molecule has 0 bridgehead atoms. The number of aromatic amines is 1. The van der Waals surface area contributed by atoms with Crippen LogP contribution in [0.25, 0.3) is 11.0 Å². The second-order valence-electron chi connectivity index (χ2n) is 4.23. The predicted octanol–water partition coefficient (Wildman–Crippen LogP) is 3.75. The fourth-order valence-corrected chi connectivity index (χ4v) is 2.05. The third-order valence-corrected chi connectivity index (χ3v) is 3.03. The maximum absolute atomic E-state index is 5.93. The molecule has 0 fully saturated rings. The van der Waals surface area contributed by atoms with Crippen LogP contribution in [0.5, 0.6) is 5.75 Å². The average Bonchev–Trinajstić information content (AvgIpc) is 2.82. The van der Waals surface area contributed by atoms with E-state index in [2.05, 4.69) is 15.0 Å². The lowest BCUT2D eigenvalue weighted by molar-refractivity contribution is 0.218. The molecule has 1 atom stereocenters. The van der Waals surface area contributed by atoms with Crippen molar-refractivity contribution in [3.05, 3.63) is 53.6 Å². The van der Waals surface area contributed by atoms with Gasteiger partial charge in [0.1, 0.15) is 11.6 Å². The minimum absolute atomic E-state index is 0.189. The zero-order valence-corrected chi connectivity index (χ0v) is 11.1. The summed E-state index contributed by atoms with van der Waals surface area (Å²) in [6, 6.07) is 9.18. The highest BCUT2D eigenvalue weighted by Crippen LogP contribution is 2.24. The number of pyridine rings is 1. The Morgan fingerprint density at radius 1 is 1.32 bits per heavy atom. The summed E-state index contributed by atoms with van der Waals surface area (Å²) in [6.45, 7) is 1.94. The van der Waals surface area contributed by atoms with Crippen molar-refractivity contribution in [3.8, 4) is 5.75 Å². The molecular formula is C14H12ClN3O. The molecule has 0 radical (unpaired) electrons. The molecule has 19 heavy (non-hydrogen) atoms. The topological polar surface area (TPSA) is 50.8 Å². The van der Waals surface area contributed by atoms with Crippen LogP contribution in [-0.2, 0) is 0 Å². The first-order chi connectivity index (χ1) is 9.22. The van der Waals surface area contributed by atoms with Crippen LogP contribution in [0.15, 0.2) is 42.7 Å². The van der Waals surface area contributed by atoms with Gasteiger partial charge in [-0.05, 0) is 31.2 Å². The molecule has 2 aromatic heterocycles. The van der Waals surface area contributed by atoms with E-state index in [4.69, 9.17) is 16.3 Å². The van der Waals surface area contributed by atoms with Crippen LogP contribution in [-0.4, -0.2) is 15.0 Å². The Labute approximate surface area is 115 Å². The van der Waals surface area contributed by atoms with E-state index in [0.717, 1.165) is 22.6 Å². The van der Waals surface area contributed by atoms with Gasteiger partial charge in [0.2, 0.25) is 0 Å². The van der Waals surface area contributed by atoms with Gasteiger partial charge in [-0.25, -0.2) is 4.98 Å². The first-order valence-electron chi connectivity index (χ1n) is 5.94. The number of hydrogen-bond acceptors (Lipinski definition) is 3. The number of fused-ring (bicyclic) bond motifs is 1. The van der Waals surface area contributed by atoms with E-state index in [1.807, 2.05) is 31.2 Å². The lowest BCUT2D eigenvalue weighted by atomic mass is 10.3. The Morgan fingerprint density at radius 3 is 3.00 bits per heavy atom. The molecule has 0 spiro atoms. The molecule has 5 heteroatoms. The molecule has 0 saturated heterocycles. The number of H-pyrrole nitrogens is 1. The fraction of sp³-hybridized carbons (Fsp3) is 0.143. The molecular weight excluding hydrogens is 262 g/mol. The van der Waals surface area contributed by atoms with Gasteiger partial charge in [0.05, 0.1) is 17.2 Å². The largest absolute Gasteiger partial charge is 0.483 e. The van der Waals surface area contributed by atoms with Gasteiger partial charge in [-0.3, -0.25) is 4.98 Å². The van der Waals surface area contributed by atoms with Crippen LogP contribution in [0.2, 0.25) is 5.02 Å². The molecule has 0 aliphatic heterocycles. The first-order valence-corrected chi connectivity index (χ1v) is 6.32. The molecule has 0 aliphatic rings. The lowest BCUT2D eigenvalue weighted by Crippen LogP contribution is -2.04. The molecule has 1 unspecified atom stereocenters. The Hall–Kier alpha value is -2.07. The van der Waals surface area contributed by atoms with Crippen LogP contribution in [0.1, 0.15) is 18.9 Å². The summed E-state index contributed by atoms with van der Waals surface area (Å²) in [5.41, 5.74) is 1.78. The van der Waals surface area contributed by atoms with Gasteiger partial charge in [-0.1, -0.05) is 17.7 Å². The zero-order chi connectivity index (χ0) is 13.2. The van der Waals surface area contributed by atoms with Crippen LogP contribution in [0.4, 0.5) is 0 Å². The van der Waals surface area contributed by atoms with Crippen molar-refractivity contribution < 1.29 is 4.74 Å². The van der Waals surface area contributed by atoms with Crippen molar-refractivity contribution in [2.75, 3.05) is 0 Å². The molecule has 3 rings (SSSR count). The minimum Gasteiger partial charge on any atom is -0.483 e. The average molecular weight is 274 g/mol. The van der Waals surface area contributed by atoms with Gasteiger partial charge in [0.25, 0.3) is 0 Å². The van der Waals surface area contributed by atoms with E-state index in [0.29, 0.717) is 5.02 Å². The second-order valence-corrected chi connectivity index (χ2v) is 4.67. The van der Waals surface area contributed by atoms with Gasteiger partial charge in [-0.15, -0.1) is 0 Å². The normalized spacial score (nSPS) is 12.5. The monoisotopic (exact) mass is 273 g/mol. The van der Waals surface area contributed by atoms with Crippen LogP contribution in [0.3, 0.4) is 0 Å². The number of aromatic nitrogens is 3. The number of rotatable bonds is 3. The summed E-state index contributed by atoms with van der Waals surface area (Å²) >= 11 is 5.93. The zero-order valence-electron chi connectivity index (χ0n) is 10.3. The lowest BCUT2D eigenvalue weighted by Gasteiger charge is -2.12. The van der Waals surface area contributed by atoms with Crippen molar-refractivity contribution in [2.45, 2.75) is 13.0 Å². The molecule has 0 saturated carbocycles. The first kappa shape index (κ1) is 12.0. The third kappa shape index (κ3) is 2.53. The van der Waals surface area contributed by atoms with Gasteiger partial charge >= 0.3 is 0 Å². The Morgan fingerprint density at radius 2 is 2.21 bits per heavy atom. The van der Waals surface area contributed by atoms with Crippen LogP contribution in [0, 0.1) is 0 Å². The van der Waals surface area contributed by atoms with Gasteiger partial charge in [-0.2, -0.15) is 0 Å².